The Morgan fingerprint density at radius 3 is 3.13 bits per heavy atom. The first-order chi connectivity index (χ1) is 7.29. The molecular formula is C12H11NOS. The minimum absolute atomic E-state index is 0.0606. The van der Waals surface area contributed by atoms with Crippen molar-refractivity contribution in [3.05, 3.63) is 29.3 Å². The topological polar surface area (TPSA) is 29.1 Å². The van der Waals surface area contributed by atoms with Crippen LogP contribution in [0.4, 0.5) is 5.69 Å². The monoisotopic (exact) mass is 217 g/mol. The molecule has 76 valence electrons. The van der Waals surface area contributed by atoms with Gasteiger partial charge in [-0.05, 0) is 17.7 Å². The molecule has 0 fully saturated rings. The van der Waals surface area contributed by atoms with Gasteiger partial charge in [0.25, 0.3) is 0 Å². The largest absolute Gasteiger partial charge is 0.325 e. The fourth-order valence-corrected chi connectivity index (χ4v) is 1.62. The maximum Gasteiger partial charge on any atom is 0.228 e. The lowest BCUT2D eigenvalue weighted by atomic mass is 10.1. The number of hydrogen-bond donors (Lipinski definition) is 2. The summed E-state index contributed by atoms with van der Waals surface area (Å²) in [6.07, 6.45) is 1.27. The first kappa shape index (κ1) is 10.1. The summed E-state index contributed by atoms with van der Waals surface area (Å²) in [5, 5.41) is 2.81. The standard InChI is InChI=1S/C12H11NOS/c14-12-8-10-5-4-9(3-1-2-6-15)7-11(10)13-12/h4-5,7,15H,2,6,8H2,(H,13,14). The second kappa shape index (κ2) is 4.41. The van der Waals surface area contributed by atoms with E-state index < -0.39 is 0 Å². The third-order valence-electron chi connectivity index (χ3n) is 2.20. The van der Waals surface area contributed by atoms with Crippen LogP contribution in [0.15, 0.2) is 18.2 Å². The maximum atomic E-state index is 11.1. The number of rotatable bonds is 1. The first-order valence-electron chi connectivity index (χ1n) is 4.82. The van der Waals surface area contributed by atoms with Gasteiger partial charge in [-0.3, -0.25) is 4.79 Å². The molecule has 1 aliphatic rings. The van der Waals surface area contributed by atoms with Gasteiger partial charge in [0.1, 0.15) is 0 Å². The smallest absolute Gasteiger partial charge is 0.228 e. The van der Waals surface area contributed by atoms with Crippen molar-refractivity contribution in [3.63, 3.8) is 0 Å². The Morgan fingerprint density at radius 1 is 1.47 bits per heavy atom. The SMILES string of the molecule is O=C1Cc2ccc(C#CCCS)cc2N1. The van der Waals surface area contributed by atoms with E-state index in [1.54, 1.807) is 0 Å². The molecule has 1 amide bonds. The zero-order valence-electron chi connectivity index (χ0n) is 8.21. The minimum atomic E-state index is 0.0606. The molecule has 0 atom stereocenters. The summed E-state index contributed by atoms with van der Waals surface area (Å²) in [6, 6.07) is 5.83. The van der Waals surface area contributed by atoms with Crippen LogP contribution in [0.2, 0.25) is 0 Å². The van der Waals surface area contributed by atoms with E-state index in [4.69, 9.17) is 0 Å². The van der Waals surface area contributed by atoms with Crippen LogP contribution in [0.3, 0.4) is 0 Å². The van der Waals surface area contributed by atoms with Crippen LogP contribution in [0.5, 0.6) is 0 Å². The normalized spacial score (nSPS) is 12.7. The van der Waals surface area contributed by atoms with Crippen LogP contribution in [0, 0.1) is 11.8 Å². The van der Waals surface area contributed by atoms with Crippen molar-refractivity contribution in [1.82, 2.24) is 0 Å². The predicted octanol–water partition coefficient (Wildman–Crippen LogP) is 1.85. The Labute approximate surface area is 94.5 Å². The highest BCUT2D eigenvalue weighted by molar-refractivity contribution is 7.80. The van der Waals surface area contributed by atoms with Gasteiger partial charge in [0.05, 0.1) is 6.42 Å². The zero-order valence-corrected chi connectivity index (χ0v) is 9.10. The summed E-state index contributed by atoms with van der Waals surface area (Å²) >= 11 is 4.08. The van der Waals surface area contributed by atoms with E-state index >= 15 is 0 Å². The second-order valence-corrected chi connectivity index (χ2v) is 3.82. The fourth-order valence-electron chi connectivity index (χ4n) is 1.51. The van der Waals surface area contributed by atoms with Gasteiger partial charge in [0, 0.05) is 23.4 Å². The van der Waals surface area contributed by atoms with E-state index in [1.165, 1.54) is 0 Å². The summed E-state index contributed by atoms with van der Waals surface area (Å²) < 4.78 is 0. The molecule has 2 nitrogen and oxygen atoms in total. The minimum Gasteiger partial charge on any atom is -0.325 e. The summed E-state index contributed by atoms with van der Waals surface area (Å²) in [5.41, 5.74) is 2.90. The molecule has 3 heteroatoms. The summed E-state index contributed by atoms with van der Waals surface area (Å²) in [4.78, 5) is 11.1. The number of anilines is 1. The molecule has 0 radical (unpaired) electrons. The molecule has 15 heavy (non-hydrogen) atoms. The molecule has 1 heterocycles. The molecule has 0 aliphatic carbocycles. The van der Waals surface area contributed by atoms with Crippen LogP contribution in [-0.4, -0.2) is 11.7 Å². The number of benzene rings is 1. The van der Waals surface area contributed by atoms with Crippen molar-refractivity contribution >= 4 is 24.2 Å². The van der Waals surface area contributed by atoms with E-state index in [0.717, 1.165) is 29.0 Å². The molecule has 0 spiro atoms. The predicted molar refractivity (Wildman–Crippen MR) is 64.1 cm³/mol. The van der Waals surface area contributed by atoms with Gasteiger partial charge in [-0.25, -0.2) is 0 Å². The Balaban J connectivity index is 2.21. The van der Waals surface area contributed by atoms with Crippen LogP contribution < -0.4 is 5.32 Å². The number of carbonyl (C=O) groups is 1. The number of carbonyl (C=O) groups excluding carboxylic acids is 1. The Kier molecular flexibility index (Phi) is 2.98. The van der Waals surface area contributed by atoms with Crippen LogP contribution in [0.1, 0.15) is 17.5 Å². The van der Waals surface area contributed by atoms with Gasteiger partial charge >= 0.3 is 0 Å². The molecule has 0 bridgehead atoms. The fraction of sp³-hybridized carbons (Fsp3) is 0.250. The lowest BCUT2D eigenvalue weighted by molar-refractivity contribution is -0.115. The summed E-state index contributed by atoms with van der Waals surface area (Å²) in [7, 11) is 0. The van der Waals surface area contributed by atoms with E-state index in [2.05, 4.69) is 29.8 Å². The highest BCUT2D eigenvalue weighted by Crippen LogP contribution is 2.23. The number of thiol groups is 1. The molecule has 1 aromatic carbocycles. The van der Waals surface area contributed by atoms with Crippen molar-refractivity contribution in [2.75, 3.05) is 11.1 Å². The average Bonchev–Trinajstić information content (AvgIpc) is 2.57. The molecule has 0 saturated carbocycles. The van der Waals surface area contributed by atoms with Crippen LogP contribution in [-0.2, 0) is 11.2 Å². The molecule has 0 unspecified atom stereocenters. The highest BCUT2D eigenvalue weighted by Gasteiger charge is 2.16. The van der Waals surface area contributed by atoms with Crippen LogP contribution in [0.25, 0.3) is 0 Å². The molecular weight excluding hydrogens is 206 g/mol. The number of hydrogen-bond acceptors (Lipinski definition) is 2. The Morgan fingerprint density at radius 2 is 2.33 bits per heavy atom. The lowest BCUT2D eigenvalue weighted by Gasteiger charge is -1.97. The Bertz CT molecular complexity index is 456. The van der Waals surface area contributed by atoms with E-state index in [9.17, 15) is 4.79 Å². The molecule has 0 saturated heterocycles. The van der Waals surface area contributed by atoms with Gasteiger partial charge < -0.3 is 5.32 Å². The summed E-state index contributed by atoms with van der Waals surface area (Å²) in [6.45, 7) is 0. The Hall–Kier alpha value is -1.40. The van der Waals surface area contributed by atoms with Gasteiger partial charge in [-0.2, -0.15) is 12.6 Å². The highest BCUT2D eigenvalue weighted by atomic mass is 32.1. The maximum absolute atomic E-state index is 11.1. The second-order valence-electron chi connectivity index (χ2n) is 3.37. The number of nitrogens with one attached hydrogen (secondary N) is 1. The zero-order chi connectivity index (χ0) is 10.7. The van der Waals surface area contributed by atoms with Crippen molar-refractivity contribution in [2.45, 2.75) is 12.8 Å². The third kappa shape index (κ3) is 2.34. The average molecular weight is 217 g/mol. The quantitative estimate of drug-likeness (QED) is 0.545. The number of amides is 1. The summed E-state index contributed by atoms with van der Waals surface area (Å²) in [5.74, 6) is 6.89. The number of fused-ring (bicyclic) bond motifs is 1. The van der Waals surface area contributed by atoms with Gasteiger partial charge in [-0.15, -0.1) is 0 Å². The molecule has 1 aromatic rings. The molecule has 1 aliphatic heterocycles. The van der Waals surface area contributed by atoms with Crippen molar-refractivity contribution in [2.24, 2.45) is 0 Å². The van der Waals surface area contributed by atoms with E-state index in [-0.39, 0.29) is 5.91 Å². The molecule has 1 N–H and O–H groups in total. The molecule has 2 rings (SSSR count). The van der Waals surface area contributed by atoms with E-state index in [1.807, 2.05) is 18.2 Å². The lowest BCUT2D eigenvalue weighted by Crippen LogP contribution is -2.03. The molecule has 0 aromatic heterocycles. The first-order valence-corrected chi connectivity index (χ1v) is 5.45. The van der Waals surface area contributed by atoms with Crippen LogP contribution >= 0.6 is 12.6 Å². The van der Waals surface area contributed by atoms with Gasteiger partial charge in [-0.1, -0.05) is 17.9 Å². The van der Waals surface area contributed by atoms with Crippen molar-refractivity contribution < 1.29 is 4.79 Å². The van der Waals surface area contributed by atoms with Gasteiger partial charge in [0.2, 0.25) is 5.91 Å². The van der Waals surface area contributed by atoms with Crippen molar-refractivity contribution in [1.29, 1.82) is 0 Å². The third-order valence-corrected chi connectivity index (χ3v) is 2.43. The van der Waals surface area contributed by atoms with E-state index in [0.29, 0.717) is 6.42 Å². The van der Waals surface area contributed by atoms with Gasteiger partial charge in [0.15, 0.2) is 0 Å². The van der Waals surface area contributed by atoms with Crippen molar-refractivity contribution in [3.8, 4) is 11.8 Å².